The van der Waals surface area contributed by atoms with Crippen molar-refractivity contribution < 1.29 is 19.0 Å². The number of aliphatic hydroxyl groups excluding tert-OH is 1. The first-order valence-electron chi connectivity index (χ1n) is 8.60. The van der Waals surface area contributed by atoms with Crippen molar-refractivity contribution >= 4 is 0 Å². The molecule has 3 aromatic rings. The number of nitrogens with one attached hydrogen (secondary N) is 1. The Kier molecular flexibility index (Phi) is 6.70. The molecule has 3 rings (SSSR count). The van der Waals surface area contributed by atoms with Crippen LogP contribution < -0.4 is 14.8 Å². The molecule has 1 aromatic heterocycles. The fraction of sp³-hybridized carbons (Fsp3) is 0.238. The van der Waals surface area contributed by atoms with Crippen molar-refractivity contribution in [1.29, 1.82) is 0 Å². The van der Waals surface area contributed by atoms with Crippen molar-refractivity contribution in [2.45, 2.75) is 19.3 Å². The number of aliphatic hydroxyl groups is 1. The normalized spacial score (nSPS) is 11.9. The molecule has 1 unspecified atom stereocenters. The molecule has 1 atom stereocenters. The van der Waals surface area contributed by atoms with E-state index in [4.69, 9.17) is 13.9 Å². The molecule has 5 nitrogen and oxygen atoms in total. The van der Waals surface area contributed by atoms with Crippen LogP contribution in [0.15, 0.2) is 77.4 Å². The largest absolute Gasteiger partial charge is 0.491 e. The van der Waals surface area contributed by atoms with Crippen LogP contribution in [-0.4, -0.2) is 24.4 Å². The smallest absolute Gasteiger partial charge is 0.120 e. The summed E-state index contributed by atoms with van der Waals surface area (Å²) in [6.07, 6.45) is 1.03. The molecule has 0 fully saturated rings. The molecule has 0 amide bonds. The first-order valence-corrected chi connectivity index (χ1v) is 8.60. The molecule has 2 N–H and O–H groups in total. The number of hydrogen-bond acceptors (Lipinski definition) is 5. The highest BCUT2D eigenvalue weighted by atomic mass is 16.5. The zero-order chi connectivity index (χ0) is 18.0. The standard InChI is InChI=1S/C21H23NO4/c23-18(13-22-14-21-7-4-12-24-21)16-26-20-10-8-19(9-11-20)25-15-17-5-2-1-3-6-17/h1-12,18,22-23H,13-16H2. The Hall–Kier alpha value is -2.76. The lowest BCUT2D eigenvalue weighted by atomic mass is 10.2. The highest BCUT2D eigenvalue weighted by molar-refractivity contribution is 5.31. The van der Waals surface area contributed by atoms with Gasteiger partial charge in [0.25, 0.3) is 0 Å². The maximum Gasteiger partial charge on any atom is 0.120 e. The summed E-state index contributed by atoms with van der Waals surface area (Å²) in [6, 6.07) is 21.1. The van der Waals surface area contributed by atoms with Gasteiger partial charge in [0, 0.05) is 6.54 Å². The first kappa shape index (κ1) is 18.0. The second-order valence-electron chi connectivity index (χ2n) is 5.92. The third kappa shape index (κ3) is 5.95. The number of rotatable bonds is 10. The van der Waals surface area contributed by atoms with Gasteiger partial charge in [-0.15, -0.1) is 0 Å². The Balaban J connectivity index is 1.35. The van der Waals surface area contributed by atoms with E-state index in [1.54, 1.807) is 6.26 Å². The molecular formula is C21H23NO4. The van der Waals surface area contributed by atoms with Crippen LogP contribution in [0.3, 0.4) is 0 Å². The molecule has 136 valence electrons. The van der Waals surface area contributed by atoms with Crippen molar-refractivity contribution in [2.24, 2.45) is 0 Å². The average molecular weight is 353 g/mol. The Morgan fingerprint density at radius 2 is 1.62 bits per heavy atom. The van der Waals surface area contributed by atoms with Crippen molar-refractivity contribution in [1.82, 2.24) is 5.32 Å². The summed E-state index contributed by atoms with van der Waals surface area (Å²) in [5, 5.41) is 13.1. The van der Waals surface area contributed by atoms with Gasteiger partial charge in [-0.2, -0.15) is 0 Å². The van der Waals surface area contributed by atoms with Crippen molar-refractivity contribution in [3.05, 3.63) is 84.3 Å². The van der Waals surface area contributed by atoms with Crippen LogP contribution in [0.1, 0.15) is 11.3 Å². The van der Waals surface area contributed by atoms with Gasteiger partial charge in [-0.3, -0.25) is 0 Å². The van der Waals surface area contributed by atoms with Crippen molar-refractivity contribution in [3.8, 4) is 11.5 Å². The van der Waals surface area contributed by atoms with Crippen LogP contribution in [0.25, 0.3) is 0 Å². The van der Waals surface area contributed by atoms with Gasteiger partial charge in [0.1, 0.15) is 36.6 Å². The Labute approximate surface area is 153 Å². The third-order valence-corrected chi connectivity index (χ3v) is 3.77. The molecule has 0 bridgehead atoms. The van der Waals surface area contributed by atoms with E-state index in [1.807, 2.05) is 66.7 Å². The van der Waals surface area contributed by atoms with E-state index in [9.17, 15) is 5.11 Å². The van der Waals surface area contributed by atoms with Crippen molar-refractivity contribution in [3.63, 3.8) is 0 Å². The van der Waals surface area contributed by atoms with Gasteiger partial charge in [0.2, 0.25) is 0 Å². The highest BCUT2D eigenvalue weighted by Crippen LogP contribution is 2.18. The second-order valence-corrected chi connectivity index (χ2v) is 5.92. The van der Waals surface area contributed by atoms with Crippen LogP contribution in [0, 0.1) is 0 Å². The van der Waals surface area contributed by atoms with Gasteiger partial charge in [0.05, 0.1) is 12.8 Å². The van der Waals surface area contributed by atoms with E-state index >= 15 is 0 Å². The van der Waals surface area contributed by atoms with Crippen LogP contribution >= 0.6 is 0 Å². The van der Waals surface area contributed by atoms with E-state index in [1.165, 1.54) is 0 Å². The lowest BCUT2D eigenvalue weighted by molar-refractivity contribution is 0.105. The number of furan rings is 1. The molecule has 0 aliphatic rings. The summed E-state index contributed by atoms with van der Waals surface area (Å²) in [5.41, 5.74) is 1.12. The zero-order valence-corrected chi connectivity index (χ0v) is 14.5. The molecule has 2 aromatic carbocycles. The second kappa shape index (κ2) is 9.65. The van der Waals surface area contributed by atoms with Gasteiger partial charge in [-0.1, -0.05) is 30.3 Å². The minimum Gasteiger partial charge on any atom is -0.491 e. The van der Waals surface area contributed by atoms with E-state index in [-0.39, 0.29) is 6.61 Å². The third-order valence-electron chi connectivity index (χ3n) is 3.77. The molecule has 5 heteroatoms. The summed E-state index contributed by atoms with van der Waals surface area (Å²) >= 11 is 0. The lowest BCUT2D eigenvalue weighted by Gasteiger charge is -2.13. The molecule has 0 saturated heterocycles. The Morgan fingerprint density at radius 1 is 0.885 bits per heavy atom. The first-order chi connectivity index (χ1) is 12.8. The maximum absolute atomic E-state index is 9.96. The van der Waals surface area contributed by atoms with Crippen LogP contribution in [0.2, 0.25) is 0 Å². The maximum atomic E-state index is 9.96. The summed E-state index contributed by atoms with van der Waals surface area (Å²) < 4.78 is 16.6. The number of ether oxygens (including phenoxy) is 2. The molecule has 26 heavy (non-hydrogen) atoms. The van der Waals surface area contributed by atoms with E-state index in [2.05, 4.69) is 5.32 Å². The molecule has 0 aliphatic carbocycles. The van der Waals surface area contributed by atoms with Gasteiger partial charge in [0.15, 0.2) is 0 Å². The lowest BCUT2D eigenvalue weighted by Crippen LogP contribution is -2.31. The summed E-state index contributed by atoms with van der Waals surface area (Å²) in [4.78, 5) is 0. The van der Waals surface area contributed by atoms with Crippen LogP contribution in [0.4, 0.5) is 0 Å². The predicted molar refractivity (Wildman–Crippen MR) is 99.1 cm³/mol. The van der Waals surface area contributed by atoms with Crippen molar-refractivity contribution in [2.75, 3.05) is 13.2 Å². The summed E-state index contributed by atoms with van der Waals surface area (Å²) in [5.74, 6) is 2.31. The Bertz CT molecular complexity index is 741. The highest BCUT2D eigenvalue weighted by Gasteiger charge is 2.06. The van der Waals surface area contributed by atoms with E-state index < -0.39 is 6.10 Å². The number of benzene rings is 2. The van der Waals surface area contributed by atoms with Crippen LogP contribution in [0.5, 0.6) is 11.5 Å². The van der Waals surface area contributed by atoms with E-state index in [0.717, 1.165) is 17.1 Å². The minimum atomic E-state index is -0.598. The fourth-order valence-corrected chi connectivity index (χ4v) is 2.40. The summed E-state index contributed by atoms with van der Waals surface area (Å²) in [7, 11) is 0. The molecule has 0 aliphatic heterocycles. The van der Waals surface area contributed by atoms with Gasteiger partial charge in [-0.25, -0.2) is 0 Å². The molecule has 1 heterocycles. The SMILES string of the molecule is OC(CNCc1ccco1)COc1ccc(OCc2ccccc2)cc1. The Morgan fingerprint density at radius 3 is 2.31 bits per heavy atom. The molecule has 0 spiro atoms. The minimum absolute atomic E-state index is 0.218. The zero-order valence-electron chi connectivity index (χ0n) is 14.5. The quantitative estimate of drug-likeness (QED) is 0.585. The van der Waals surface area contributed by atoms with Gasteiger partial charge in [-0.05, 0) is 42.0 Å². The fourth-order valence-electron chi connectivity index (χ4n) is 2.40. The summed E-state index contributed by atoms with van der Waals surface area (Å²) in [6.45, 7) is 1.76. The molecular weight excluding hydrogens is 330 g/mol. The molecule has 0 saturated carbocycles. The van der Waals surface area contributed by atoms with Crippen LogP contribution in [-0.2, 0) is 13.2 Å². The number of hydrogen-bond donors (Lipinski definition) is 2. The van der Waals surface area contributed by atoms with Gasteiger partial charge < -0.3 is 24.3 Å². The van der Waals surface area contributed by atoms with E-state index in [0.29, 0.717) is 25.4 Å². The average Bonchev–Trinajstić information content (AvgIpc) is 3.20. The topological polar surface area (TPSA) is 63.9 Å². The van der Waals surface area contributed by atoms with Gasteiger partial charge >= 0.3 is 0 Å². The predicted octanol–water partition coefficient (Wildman–Crippen LogP) is 3.39. The molecule has 0 radical (unpaired) electrons. The monoisotopic (exact) mass is 353 g/mol.